The first-order valence-corrected chi connectivity index (χ1v) is 9.49. The number of aryl methyl sites for hydroxylation is 1. The molecule has 7 heteroatoms. The summed E-state index contributed by atoms with van der Waals surface area (Å²) in [6.45, 7) is 2.15. The van der Waals surface area contributed by atoms with Crippen molar-refractivity contribution in [3.05, 3.63) is 59.4 Å². The second-order valence-electron chi connectivity index (χ2n) is 6.44. The van der Waals surface area contributed by atoms with Gasteiger partial charge in [-0.25, -0.2) is 4.98 Å². The largest absolute Gasteiger partial charge is 0.345 e. The molecular formula is C19H17N5OS. The zero-order valence-corrected chi connectivity index (χ0v) is 14.9. The second kappa shape index (κ2) is 6.10. The number of amides is 1. The van der Waals surface area contributed by atoms with Crippen LogP contribution < -0.4 is 0 Å². The standard InChI is InChI=1S/C19H17N5OS/c25-19(13-4-5-15-16(9-13)21-12-20-15)23-6-2-7-24-14(11-23)10-17(22-24)18-3-1-8-26-18/h1,3-5,8-10,12H,2,6-7,11H2,(H,20,21). The van der Waals surface area contributed by atoms with E-state index >= 15 is 0 Å². The molecule has 5 rings (SSSR count). The molecule has 0 radical (unpaired) electrons. The van der Waals surface area contributed by atoms with Crippen LogP contribution >= 0.6 is 11.3 Å². The van der Waals surface area contributed by atoms with E-state index in [4.69, 9.17) is 5.10 Å². The molecule has 6 nitrogen and oxygen atoms in total. The Morgan fingerprint density at radius 1 is 1.19 bits per heavy atom. The van der Waals surface area contributed by atoms with Crippen LogP contribution in [-0.2, 0) is 13.1 Å². The van der Waals surface area contributed by atoms with Crippen LogP contribution in [0.2, 0.25) is 0 Å². The van der Waals surface area contributed by atoms with Crippen molar-refractivity contribution < 1.29 is 4.79 Å². The average Bonchev–Trinajstić information content (AvgIpc) is 3.39. The molecule has 1 aliphatic heterocycles. The first-order valence-electron chi connectivity index (χ1n) is 8.61. The van der Waals surface area contributed by atoms with Crippen LogP contribution in [0, 0.1) is 0 Å². The van der Waals surface area contributed by atoms with Gasteiger partial charge in [-0.3, -0.25) is 9.48 Å². The summed E-state index contributed by atoms with van der Waals surface area (Å²) in [6, 6.07) is 11.8. The molecule has 1 amide bonds. The molecule has 3 aromatic heterocycles. The summed E-state index contributed by atoms with van der Waals surface area (Å²) < 4.78 is 2.04. The minimum Gasteiger partial charge on any atom is -0.345 e. The number of aromatic nitrogens is 4. The van der Waals surface area contributed by atoms with E-state index in [0.717, 1.165) is 46.8 Å². The summed E-state index contributed by atoms with van der Waals surface area (Å²) in [5, 5.41) is 6.79. The topological polar surface area (TPSA) is 66.8 Å². The molecule has 0 atom stereocenters. The maximum Gasteiger partial charge on any atom is 0.254 e. The van der Waals surface area contributed by atoms with Crippen LogP contribution in [0.1, 0.15) is 22.5 Å². The van der Waals surface area contributed by atoms with Gasteiger partial charge in [-0.2, -0.15) is 5.10 Å². The lowest BCUT2D eigenvalue weighted by atomic mass is 10.1. The van der Waals surface area contributed by atoms with Gasteiger partial charge in [0.25, 0.3) is 5.91 Å². The van der Waals surface area contributed by atoms with E-state index in [9.17, 15) is 4.79 Å². The highest BCUT2D eigenvalue weighted by atomic mass is 32.1. The molecule has 0 bridgehead atoms. The van der Waals surface area contributed by atoms with Gasteiger partial charge in [0, 0.05) is 18.7 Å². The Morgan fingerprint density at radius 2 is 2.15 bits per heavy atom. The number of H-pyrrole nitrogens is 1. The third kappa shape index (κ3) is 2.61. The maximum absolute atomic E-state index is 13.0. The van der Waals surface area contributed by atoms with Gasteiger partial charge in [0.15, 0.2) is 0 Å². The quantitative estimate of drug-likeness (QED) is 0.592. The van der Waals surface area contributed by atoms with Crippen molar-refractivity contribution in [2.75, 3.05) is 6.54 Å². The number of carbonyl (C=O) groups is 1. The zero-order valence-electron chi connectivity index (χ0n) is 14.1. The van der Waals surface area contributed by atoms with Gasteiger partial charge < -0.3 is 9.88 Å². The fraction of sp³-hybridized carbons (Fsp3) is 0.211. The fourth-order valence-corrected chi connectivity index (χ4v) is 4.11. The molecule has 1 aromatic carbocycles. The number of imidazole rings is 1. The number of nitrogens with zero attached hydrogens (tertiary/aromatic N) is 4. The fourth-order valence-electron chi connectivity index (χ4n) is 3.43. The van der Waals surface area contributed by atoms with E-state index in [-0.39, 0.29) is 5.91 Å². The zero-order chi connectivity index (χ0) is 17.5. The van der Waals surface area contributed by atoms with Crippen molar-refractivity contribution in [1.82, 2.24) is 24.6 Å². The lowest BCUT2D eigenvalue weighted by Crippen LogP contribution is -2.30. The average molecular weight is 363 g/mol. The van der Waals surface area contributed by atoms with Crippen molar-refractivity contribution >= 4 is 28.3 Å². The lowest BCUT2D eigenvalue weighted by Gasteiger charge is -2.20. The molecule has 1 N–H and O–H groups in total. The van der Waals surface area contributed by atoms with E-state index in [1.807, 2.05) is 33.8 Å². The Kier molecular flexibility index (Phi) is 3.60. The van der Waals surface area contributed by atoms with Gasteiger partial charge in [-0.05, 0) is 42.1 Å². The number of hydrogen-bond donors (Lipinski definition) is 1. The van der Waals surface area contributed by atoms with Crippen molar-refractivity contribution in [3.63, 3.8) is 0 Å². The van der Waals surface area contributed by atoms with E-state index < -0.39 is 0 Å². The highest BCUT2D eigenvalue weighted by Gasteiger charge is 2.22. The van der Waals surface area contributed by atoms with Crippen molar-refractivity contribution in [3.8, 4) is 10.6 Å². The number of benzene rings is 1. The number of thiophene rings is 1. The summed E-state index contributed by atoms with van der Waals surface area (Å²) in [6.07, 6.45) is 2.55. The first kappa shape index (κ1) is 15.3. The van der Waals surface area contributed by atoms with Gasteiger partial charge >= 0.3 is 0 Å². The van der Waals surface area contributed by atoms with Crippen LogP contribution in [0.15, 0.2) is 48.1 Å². The third-order valence-corrected chi connectivity index (χ3v) is 5.63. The van der Waals surface area contributed by atoms with Crippen LogP contribution in [0.3, 0.4) is 0 Å². The van der Waals surface area contributed by atoms with Crippen LogP contribution in [0.5, 0.6) is 0 Å². The van der Waals surface area contributed by atoms with Gasteiger partial charge in [0.05, 0.1) is 34.5 Å². The summed E-state index contributed by atoms with van der Waals surface area (Å²) in [5.74, 6) is 0.0498. The first-order chi connectivity index (χ1) is 12.8. The highest BCUT2D eigenvalue weighted by molar-refractivity contribution is 7.13. The predicted molar refractivity (Wildman–Crippen MR) is 101 cm³/mol. The normalized spacial score (nSPS) is 14.4. The van der Waals surface area contributed by atoms with Crippen molar-refractivity contribution in [1.29, 1.82) is 0 Å². The van der Waals surface area contributed by atoms with E-state index in [0.29, 0.717) is 12.1 Å². The Morgan fingerprint density at radius 3 is 3.04 bits per heavy atom. The number of carbonyl (C=O) groups excluding carboxylic acids is 1. The number of fused-ring (bicyclic) bond motifs is 2. The Hall–Kier alpha value is -2.93. The Balaban J connectivity index is 1.44. The smallest absolute Gasteiger partial charge is 0.254 e. The Bertz CT molecular complexity index is 1080. The number of rotatable bonds is 2. The molecule has 4 heterocycles. The molecule has 0 fully saturated rings. The molecule has 0 saturated heterocycles. The molecular weight excluding hydrogens is 346 g/mol. The van der Waals surface area contributed by atoms with Gasteiger partial charge in [-0.15, -0.1) is 11.3 Å². The molecule has 4 aromatic rings. The number of hydrogen-bond acceptors (Lipinski definition) is 4. The second-order valence-corrected chi connectivity index (χ2v) is 7.38. The molecule has 26 heavy (non-hydrogen) atoms. The minimum atomic E-state index is 0.0498. The SMILES string of the molecule is O=C(c1ccc2nc[nH]c2c1)N1CCCn2nc(-c3cccs3)cc2C1. The molecule has 130 valence electrons. The summed E-state index contributed by atoms with van der Waals surface area (Å²) >= 11 is 1.68. The summed E-state index contributed by atoms with van der Waals surface area (Å²) in [5.41, 5.74) is 4.52. The van der Waals surface area contributed by atoms with Gasteiger partial charge in [0.1, 0.15) is 5.69 Å². The monoisotopic (exact) mass is 363 g/mol. The van der Waals surface area contributed by atoms with E-state index in [1.165, 1.54) is 0 Å². The summed E-state index contributed by atoms with van der Waals surface area (Å²) in [7, 11) is 0. The van der Waals surface area contributed by atoms with Crippen LogP contribution in [0.4, 0.5) is 0 Å². The van der Waals surface area contributed by atoms with E-state index in [2.05, 4.69) is 27.5 Å². The number of aromatic amines is 1. The molecule has 0 spiro atoms. The lowest BCUT2D eigenvalue weighted by molar-refractivity contribution is 0.0746. The predicted octanol–water partition coefficient (Wildman–Crippen LogP) is 3.53. The number of nitrogens with one attached hydrogen (secondary N) is 1. The van der Waals surface area contributed by atoms with Crippen molar-refractivity contribution in [2.45, 2.75) is 19.5 Å². The molecule has 1 aliphatic rings. The minimum absolute atomic E-state index is 0.0498. The maximum atomic E-state index is 13.0. The molecule has 0 saturated carbocycles. The van der Waals surface area contributed by atoms with E-state index in [1.54, 1.807) is 17.7 Å². The Labute approximate surface area is 154 Å². The van der Waals surface area contributed by atoms with Gasteiger partial charge in [-0.1, -0.05) is 6.07 Å². The van der Waals surface area contributed by atoms with Crippen LogP contribution in [0.25, 0.3) is 21.6 Å². The van der Waals surface area contributed by atoms with Gasteiger partial charge in [0.2, 0.25) is 0 Å². The highest BCUT2D eigenvalue weighted by Crippen LogP contribution is 2.26. The van der Waals surface area contributed by atoms with Crippen molar-refractivity contribution in [2.24, 2.45) is 0 Å². The van der Waals surface area contributed by atoms with Crippen LogP contribution in [-0.4, -0.2) is 37.1 Å². The third-order valence-electron chi connectivity index (χ3n) is 4.74. The summed E-state index contributed by atoms with van der Waals surface area (Å²) in [4.78, 5) is 23.4. The molecule has 0 aliphatic carbocycles. The molecule has 0 unspecified atom stereocenters.